The Morgan fingerprint density at radius 3 is 2.89 bits per heavy atom. The lowest BCUT2D eigenvalue weighted by molar-refractivity contribution is 0.0953. The maximum atomic E-state index is 11.8. The fourth-order valence-corrected chi connectivity index (χ4v) is 1.59. The van der Waals surface area contributed by atoms with E-state index in [1.807, 2.05) is 0 Å². The van der Waals surface area contributed by atoms with E-state index < -0.39 is 0 Å². The number of nitrogens with two attached hydrogens (primary N) is 1. The first-order valence-corrected chi connectivity index (χ1v) is 6.00. The highest BCUT2D eigenvalue weighted by atomic mass is 16.5. The maximum absolute atomic E-state index is 11.8. The van der Waals surface area contributed by atoms with E-state index in [-0.39, 0.29) is 11.7 Å². The number of nitrogen functional groups attached to an aromatic ring is 1. The van der Waals surface area contributed by atoms with E-state index in [1.165, 1.54) is 18.2 Å². The number of aromatic hydroxyl groups is 1. The number of phenols is 1. The smallest absolute Gasteiger partial charge is 0.253 e. The molecule has 0 aliphatic carbocycles. The molecule has 1 rings (SSSR count). The van der Waals surface area contributed by atoms with Gasteiger partial charge in [-0.25, -0.2) is 0 Å². The van der Waals surface area contributed by atoms with Gasteiger partial charge in [0.05, 0.1) is 5.56 Å². The largest absolute Gasteiger partial charge is 0.508 e. The Morgan fingerprint density at radius 1 is 1.39 bits per heavy atom. The molecule has 1 aromatic rings. The van der Waals surface area contributed by atoms with E-state index in [1.54, 1.807) is 7.11 Å². The van der Waals surface area contributed by atoms with Crippen molar-refractivity contribution in [2.24, 2.45) is 0 Å². The van der Waals surface area contributed by atoms with Gasteiger partial charge in [-0.3, -0.25) is 4.79 Å². The topological polar surface area (TPSA) is 84.6 Å². The zero-order valence-corrected chi connectivity index (χ0v) is 10.6. The summed E-state index contributed by atoms with van der Waals surface area (Å²) in [4.78, 5) is 11.8. The number of amides is 1. The number of anilines is 1. The van der Waals surface area contributed by atoms with Crippen molar-refractivity contribution in [2.75, 3.05) is 26.0 Å². The maximum Gasteiger partial charge on any atom is 0.253 e. The highest BCUT2D eigenvalue weighted by Gasteiger charge is 2.09. The molecule has 1 aromatic carbocycles. The minimum absolute atomic E-state index is 0.0365. The second kappa shape index (κ2) is 7.55. The van der Waals surface area contributed by atoms with Crippen LogP contribution in [0.25, 0.3) is 0 Å². The third-order valence-corrected chi connectivity index (χ3v) is 2.59. The molecule has 4 N–H and O–H groups in total. The van der Waals surface area contributed by atoms with E-state index >= 15 is 0 Å². The van der Waals surface area contributed by atoms with Gasteiger partial charge in [0, 0.05) is 25.9 Å². The molecule has 0 atom stereocenters. The van der Waals surface area contributed by atoms with Gasteiger partial charge < -0.3 is 20.9 Å². The second-order valence-electron chi connectivity index (χ2n) is 4.08. The summed E-state index contributed by atoms with van der Waals surface area (Å²) >= 11 is 0. The molecule has 0 bridgehead atoms. The fraction of sp³-hybridized carbons (Fsp3) is 0.462. The quantitative estimate of drug-likeness (QED) is 0.390. The molecule has 1 amide bonds. The standard InChI is InChI=1S/C13H20N2O3/c1-18-8-4-2-3-7-15-13(17)11-9-10(16)5-6-12(11)14/h5-6,9,16H,2-4,7-8,14H2,1H3,(H,15,17). The van der Waals surface area contributed by atoms with Crippen molar-refractivity contribution in [3.63, 3.8) is 0 Å². The van der Waals surface area contributed by atoms with Crippen molar-refractivity contribution >= 4 is 11.6 Å². The van der Waals surface area contributed by atoms with Gasteiger partial charge in [-0.05, 0) is 37.5 Å². The summed E-state index contributed by atoms with van der Waals surface area (Å²) in [6, 6.07) is 4.34. The molecule has 0 aromatic heterocycles. The Balaban J connectivity index is 2.34. The van der Waals surface area contributed by atoms with Gasteiger partial charge in [-0.2, -0.15) is 0 Å². The van der Waals surface area contributed by atoms with Gasteiger partial charge in [0.1, 0.15) is 5.75 Å². The van der Waals surface area contributed by atoms with Gasteiger partial charge in [-0.15, -0.1) is 0 Å². The van der Waals surface area contributed by atoms with Crippen molar-refractivity contribution in [3.8, 4) is 5.75 Å². The van der Waals surface area contributed by atoms with E-state index in [4.69, 9.17) is 10.5 Å². The molecule has 0 spiro atoms. The monoisotopic (exact) mass is 252 g/mol. The first-order valence-electron chi connectivity index (χ1n) is 6.00. The average Bonchev–Trinajstić information content (AvgIpc) is 2.36. The zero-order chi connectivity index (χ0) is 13.4. The van der Waals surface area contributed by atoms with Crippen LogP contribution in [0, 0.1) is 0 Å². The minimum Gasteiger partial charge on any atom is -0.508 e. The number of rotatable bonds is 7. The lowest BCUT2D eigenvalue weighted by atomic mass is 10.1. The predicted octanol–water partition coefficient (Wildman–Crippen LogP) is 1.52. The Hall–Kier alpha value is -1.75. The predicted molar refractivity (Wildman–Crippen MR) is 70.6 cm³/mol. The Labute approximate surface area is 107 Å². The number of nitrogens with one attached hydrogen (secondary N) is 1. The van der Waals surface area contributed by atoms with Gasteiger partial charge >= 0.3 is 0 Å². The SMILES string of the molecule is COCCCCCNC(=O)c1cc(O)ccc1N. The van der Waals surface area contributed by atoms with Crippen LogP contribution in [0.1, 0.15) is 29.6 Å². The van der Waals surface area contributed by atoms with Crippen LogP contribution in [-0.4, -0.2) is 31.3 Å². The summed E-state index contributed by atoms with van der Waals surface area (Å²) in [7, 11) is 1.67. The van der Waals surface area contributed by atoms with E-state index in [2.05, 4.69) is 5.32 Å². The van der Waals surface area contributed by atoms with Crippen molar-refractivity contribution in [1.82, 2.24) is 5.32 Å². The van der Waals surface area contributed by atoms with Crippen LogP contribution in [0.5, 0.6) is 5.75 Å². The highest BCUT2D eigenvalue weighted by molar-refractivity contribution is 5.99. The van der Waals surface area contributed by atoms with E-state index in [0.717, 1.165) is 25.9 Å². The number of ether oxygens (including phenoxy) is 1. The third-order valence-electron chi connectivity index (χ3n) is 2.59. The molecule has 5 heteroatoms. The lowest BCUT2D eigenvalue weighted by Crippen LogP contribution is -2.25. The normalized spacial score (nSPS) is 10.3. The molecule has 0 aliphatic heterocycles. The summed E-state index contributed by atoms with van der Waals surface area (Å²) in [5.41, 5.74) is 6.35. The van der Waals surface area contributed by atoms with Crippen LogP contribution < -0.4 is 11.1 Å². The number of hydrogen-bond donors (Lipinski definition) is 3. The summed E-state index contributed by atoms with van der Waals surface area (Å²) < 4.78 is 4.94. The number of phenolic OH excluding ortho intramolecular Hbond substituents is 1. The first kappa shape index (κ1) is 14.3. The summed E-state index contributed by atoms with van der Waals surface area (Å²) in [5, 5.41) is 12.1. The fourth-order valence-electron chi connectivity index (χ4n) is 1.59. The molecule has 0 saturated carbocycles. The van der Waals surface area contributed by atoms with E-state index in [9.17, 15) is 9.90 Å². The van der Waals surface area contributed by atoms with Crippen molar-refractivity contribution in [1.29, 1.82) is 0 Å². The highest BCUT2D eigenvalue weighted by Crippen LogP contribution is 2.18. The van der Waals surface area contributed by atoms with E-state index in [0.29, 0.717) is 17.8 Å². The second-order valence-corrected chi connectivity index (χ2v) is 4.08. The first-order chi connectivity index (χ1) is 8.65. The minimum atomic E-state index is -0.254. The number of unbranched alkanes of at least 4 members (excludes halogenated alkanes) is 2. The third kappa shape index (κ3) is 4.63. The Morgan fingerprint density at radius 2 is 2.17 bits per heavy atom. The average molecular weight is 252 g/mol. The van der Waals surface area contributed by atoms with Gasteiger partial charge in [0.15, 0.2) is 0 Å². The van der Waals surface area contributed by atoms with Gasteiger partial charge in [0.25, 0.3) is 5.91 Å². The summed E-state index contributed by atoms with van der Waals surface area (Å²) in [5.74, 6) is -0.218. The molecule has 0 aliphatic rings. The number of methoxy groups -OCH3 is 1. The Bertz CT molecular complexity index is 394. The molecule has 100 valence electrons. The molecule has 0 radical (unpaired) electrons. The summed E-state index contributed by atoms with van der Waals surface area (Å²) in [6.07, 6.45) is 2.89. The number of carbonyl (C=O) groups excluding carboxylic acids is 1. The molecule has 0 unspecified atom stereocenters. The molecule has 0 saturated heterocycles. The molecular formula is C13H20N2O3. The molecule has 0 heterocycles. The van der Waals surface area contributed by atoms with Gasteiger partial charge in [-0.1, -0.05) is 0 Å². The van der Waals surface area contributed by atoms with Crippen LogP contribution in [0.15, 0.2) is 18.2 Å². The van der Waals surface area contributed by atoms with Gasteiger partial charge in [0.2, 0.25) is 0 Å². The Kier molecular flexibility index (Phi) is 6.00. The van der Waals surface area contributed by atoms with Crippen LogP contribution >= 0.6 is 0 Å². The zero-order valence-electron chi connectivity index (χ0n) is 10.6. The summed E-state index contributed by atoms with van der Waals surface area (Å²) in [6.45, 7) is 1.34. The van der Waals surface area contributed by atoms with Crippen molar-refractivity contribution in [3.05, 3.63) is 23.8 Å². The van der Waals surface area contributed by atoms with Crippen LogP contribution in [0.2, 0.25) is 0 Å². The molecule has 0 fully saturated rings. The number of carbonyl (C=O) groups is 1. The van der Waals surface area contributed by atoms with Crippen LogP contribution in [-0.2, 0) is 4.74 Å². The van der Waals surface area contributed by atoms with Crippen LogP contribution in [0.3, 0.4) is 0 Å². The van der Waals surface area contributed by atoms with Crippen LogP contribution in [0.4, 0.5) is 5.69 Å². The molecule has 5 nitrogen and oxygen atoms in total. The number of benzene rings is 1. The number of hydrogen-bond acceptors (Lipinski definition) is 4. The molecule has 18 heavy (non-hydrogen) atoms. The lowest BCUT2D eigenvalue weighted by Gasteiger charge is -2.07. The molecular weight excluding hydrogens is 232 g/mol. The van der Waals surface area contributed by atoms with Crippen molar-refractivity contribution in [2.45, 2.75) is 19.3 Å². The van der Waals surface area contributed by atoms with Crippen molar-refractivity contribution < 1.29 is 14.6 Å².